The molecular formula is C27H29ClN4O3. The van der Waals surface area contributed by atoms with Crippen molar-refractivity contribution >= 4 is 23.4 Å². The number of pyridine rings is 1. The zero-order valence-electron chi connectivity index (χ0n) is 19.7. The minimum atomic E-state index is -0.432. The van der Waals surface area contributed by atoms with Gasteiger partial charge in [-0.15, -0.1) is 0 Å². The fourth-order valence-electron chi connectivity index (χ4n) is 4.20. The van der Waals surface area contributed by atoms with Gasteiger partial charge in [-0.1, -0.05) is 72.3 Å². The molecule has 0 saturated carbocycles. The number of aromatic nitrogens is 1. The van der Waals surface area contributed by atoms with Gasteiger partial charge in [-0.2, -0.15) is 0 Å². The number of amides is 2. The minimum Gasteiger partial charge on any atom is -0.477 e. The molecule has 4 rings (SSSR count). The van der Waals surface area contributed by atoms with Crippen molar-refractivity contribution in [3.8, 4) is 5.88 Å². The van der Waals surface area contributed by atoms with Crippen LogP contribution in [0.3, 0.4) is 0 Å². The molecule has 1 atom stereocenters. The summed E-state index contributed by atoms with van der Waals surface area (Å²) in [5.41, 5.74) is 2.40. The summed E-state index contributed by atoms with van der Waals surface area (Å²) in [6.45, 7) is 4.90. The van der Waals surface area contributed by atoms with Gasteiger partial charge in [-0.05, 0) is 24.1 Å². The first-order valence-corrected chi connectivity index (χ1v) is 12.1. The quantitative estimate of drug-likeness (QED) is 0.515. The number of hydrogen-bond acceptors (Lipinski definition) is 5. The van der Waals surface area contributed by atoms with Crippen LogP contribution in [0.25, 0.3) is 0 Å². The fourth-order valence-corrected chi connectivity index (χ4v) is 4.42. The number of halogens is 1. The lowest BCUT2D eigenvalue weighted by Gasteiger charge is -2.38. The molecule has 3 aromatic rings. The van der Waals surface area contributed by atoms with E-state index in [1.54, 1.807) is 11.0 Å². The topological polar surface area (TPSA) is 74.8 Å². The minimum absolute atomic E-state index is 0.0534. The molecule has 0 aliphatic carbocycles. The summed E-state index contributed by atoms with van der Waals surface area (Å²) in [6, 6.07) is 20.8. The Morgan fingerprint density at radius 2 is 1.69 bits per heavy atom. The van der Waals surface area contributed by atoms with E-state index in [0.717, 1.165) is 11.1 Å². The molecule has 2 amide bonds. The monoisotopic (exact) mass is 492 g/mol. The average Bonchev–Trinajstić information content (AvgIpc) is 2.90. The Balaban J connectivity index is 1.42. The molecule has 1 fully saturated rings. The lowest BCUT2D eigenvalue weighted by molar-refractivity contribution is -0.127. The summed E-state index contributed by atoms with van der Waals surface area (Å²) < 4.78 is 5.36. The van der Waals surface area contributed by atoms with Crippen LogP contribution in [0, 0.1) is 0 Å². The summed E-state index contributed by atoms with van der Waals surface area (Å²) in [5.74, 6) is 0.136. The van der Waals surface area contributed by atoms with Gasteiger partial charge in [0.2, 0.25) is 11.8 Å². The third-order valence-corrected chi connectivity index (χ3v) is 6.25. The molecular weight excluding hydrogens is 464 g/mol. The molecule has 0 bridgehead atoms. The highest BCUT2D eigenvalue weighted by molar-refractivity contribution is 6.32. The maximum atomic E-state index is 13.3. The Hall–Kier alpha value is -3.42. The van der Waals surface area contributed by atoms with E-state index < -0.39 is 6.04 Å². The van der Waals surface area contributed by atoms with Gasteiger partial charge >= 0.3 is 0 Å². The van der Waals surface area contributed by atoms with Crippen LogP contribution in [-0.2, 0) is 11.3 Å². The molecule has 1 aliphatic rings. The van der Waals surface area contributed by atoms with Gasteiger partial charge in [-0.25, -0.2) is 4.98 Å². The van der Waals surface area contributed by atoms with E-state index in [1.165, 1.54) is 6.20 Å². The summed E-state index contributed by atoms with van der Waals surface area (Å²) in [5, 5.41) is 3.40. The van der Waals surface area contributed by atoms with E-state index in [2.05, 4.69) is 15.2 Å². The van der Waals surface area contributed by atoms with Crippen LogP contribution >= 0.6 is 11.6 Å². The number of nitrogens with one attached hydrogen (secondary N) is 1. The zero-order valence-corrected chi connectivity index (χ0v) is 20.4. The van der Waals surface area contributed by atoms with E-state index in [9.17, 15) is 9.59 Å². The molecule has 0 radical (unpaired) electrons. The number of carbonyl (C=O) groups excluding carboxylic acids is 2. The van der Waals surface area contributed by atoms with E-state index in [1.807, 2.05) is 67.6 Å². The van der Waals surface area contributed by atoms with E-state index in [0.29, 0.717) is 55.8 Å². The van der Waals surface area contributed by atoms with Crippen LogP contribution in [0.15, 0.2) is 72.9 Å². The van der Waals surface area contributed by atoms with Gasteiger partial charge in [0, 0.05) is 38.9 Å². The van der Waals surface area contributed by atoms with Crippen molar-refractivity contribution in [3.05, 3.63) is 94.6 Å². The summed E-state index contributed by atoms with van der Waals surface area (Å²) in [7, 11) is 0. The second-order valence-electron chi connectivity index (χ2n) is 8.29. The Morgan fingerprint density at radius 3 is 2.31 bits per heavy atom. The van der Waals surface area contributed by atoms with Gasteiger partial charge < -0.3 is 15.0 Å². The third kappa shape index (κ3) is 6.18. The van der Waals surface area contributed by atoms with Crippen molar-refractivity contribution in [1.82, 2.24) is 20.1 Å². The average molecular weight is 493 g/mol. The second-order valence-corrected chi connectivity index (χ2v) is 8.70. The first-order chi connectivity index (χ1) is 17.1. The maximum absolute atomic E-state index is 13.3. The highest BCUT2D eigenvalue weighted by Gasteiger charge is 2.32. The maximum Gasteiger partial charge on any atom is 0.255 e. The number of nitrogens with zero attached hydrogens (tertiary/aromatic N) is 3. The van der Waals surface area contributed by atoms with Crippen LogP contribution in [0.5, 0.6) is 5.88 Å². The van der Waals surface area contributed by atoms with Gasteiger partial charge in [0.05, 0.1) is 12.2 Å². The van der Waals surface area contributed by atoms with Crippen LogP contribution in [0.2, 0.25) is 5.02 Å². The van der Waals surface area contributed by atoms with Gasteiger partial charge in [0.15, 0.2) is 0 Å². The molecule has 0 spiro atoms. The number of piperazine rings is 1. The molecule has 1 saturated heterocycles. The van der Waals surface area contributed by atoms with Crippen molar-refractivity contribution < 1.29 is 14.3 Å². The lowest BCUT2D eigenvalue weighted by atomic mass is 10.0. The van der Waals surface area contributed by atoms with Crippen molar-refractivity contribution in [2.45, 2.75) is 19.5 Å². The summed E-state index contributed by atoms with van der Waals surface area (Å²) in [6.07, 6.45) is 1.50. The summed E-state index contributed by atoms with van der Waals surface area (Å²) in [4.78, 5) is 34.4. The Labute approximate surface area is 210 Å². The van der Waals surface area contributed by atoms with Crippen molar-refractivity contribution in [2.75, 3.05) is 32.8 Å². The number of benzene rings is 2. The zero-order chi connectivity index (χ0) is 24.6. The third-order valence-electron chi connectivity index (χ3n) is 5.98. The predicted octanol–water partition coefficient (Wildman–Crippen LogP) is 3.95. The van der Waals surface area contributed by atoms with Crippen LogP contribution in [0.1, 0.15) is 34.5 Å². The lowest BCUT2D eigenvalue weighted by Crippen LogP contribution is -2.52. The van der Waals surface area contributed by atoms with Gasteiger partial charge in [0.25, 0.3) is 5.91 Å². The van der Waals surface area contributed by atoms with Crippen molar-refractivity contribution in [1.29, 1.82) is 0 Å². The first kappa shape index (κ1) is 24.7. The second kappa shape index (κ2) is 11.8. The van der Waals surface area contributed by atoms with Gasteiger partial charge in [0.1, 0.15) is 11.1 Å². The van der Waals surface area contributed by atoms with Crippen LogP contribution < -0.4 is 10.1 Å². The molecule has 1 aliphatic heterocycles. The number of ether oxygens (including phenoxy) is 1. The fraction of sp³-hybridized carbons (Fsp3) is 0.296. The molecule has 7 nitrogen and oxygen atoms in total. The molecule has 1 aromatic heterocycles. The molecule has 8 heteroatoms. The number of hydrogen-bond donors (Lipinski definition) is 1. The molecule has 182 valence electrons. The summed E-state index contributed by atoms with van der Waals surface area (Å²) >= 11 is 6.22. The smallest absolute Gasteiger partial charge is 0.255 e. The Bertz CT molecular complexity index is 1140. The highest BCUT2D eigenvalue weighted by atomic mass is 35.5. The molecule has 35 heavy (non-hydrogen) atoms. The SMILES string of the molecule is CCOc1ncc(C(=O)N2CCN([C@H](C(=O)NCc3ccccc3)c3ccccc3)CC2)cc1Cl. The normalized spacial score (nSPS) is 14.9. The predicted molar refractivity (Wildman–Crippen MR) is 135 cm³/mol. The Morgan fingerprint density at radius 1 is 1.03 bits per heavy atom. The van der Waals surface area contributed by atoms with Crippen LogP contribution in [-0.4, -0.2) is 59.4 Å². The van der Waals surface area contributed by atoms with Crippen molar-refractivity contribution in [3.63, 3.8) is 0 Å². The standard InChI is InChI=1S/C27H29ClN4O3/c1-2-35-26-23(28)17-22(19-30-26)27(34)32-15-13-31(14-16-32)24(21-11-7-4-8-12-21)25(33)29-18-20-9-5-3-6-10-20/h3-12,17,19,24H,2,13-16,18H2,1H3,(H,29,33)/t24-/m0/s1. The highest BCUT2D eigenvalue weighted by Crippen LogP contribution is 2.25. The van der Waals surface area contributed by atoms with Crippen LogP contribution in [0.4, 0.5) is 0 Å². The molecule has 2 heterocycles. The number of rotatable bonds is 8. The molecule has 2 aromatic carbocycles. The largest absolute Gasteiger partial charge is 0.477 e. The van der Waals surface area contributed by atoms with E-state index in [4.69, 9.17) is 16.3 Å². The molecule has 1 N–H and O–H groups in total. The van der Waals surface area contributed by atoms with E-state index >= 15 is 0 Å². The molecule has 0 unspecified atom stereocenters. The number of carbonyl (C=O) groups is 2. The first-order valence-electron chi connectivity index (χ1n) is 11.7. The van der Waals surface area contributed by atoms with E-state index in [-0.39, 0.29) is 11.8 Å². The van der Waals surface area contributed by atoms with Crippen molar-refractivity contribution in [2.24, 2.45) is 0 Å². The Kier molecular flexibility index (Phi) is 8.34. The van der Waals surface area contributed by atoms with Gasteiger partial charge in [-0.3, -0.25) is 14.5 Å².